The first-order valence-corrected chi connectivity index (χ1v) is 9.94. The highest BCUT2D eigenvalue weighted by Crippen LogP contribution is 2.44. The number of aromatic amines is 1. The number of rotatable bonds is 4. The molecule has 4 heterocycles. The minimum absolute atomic E-state index is 0.168. The van der Waals surface area contributed by atoms with Crippen molar-refractivity contribution in [2.75, 3.05) is 13.2 Å². The highest BCUT2D eigenvalue weighted by Gasteiger charge is 2.44. The molecule has 1 aliphatic rings. The molecule has 1 aromatic carbocycles. The van der Waals surface area contributed by atoms with Gasteiger partial charge in [0.1, 0.15) is 23.4 Å². The normalized spacial score (nSPS) is 18.4. The highest BCUT2D eigenvalue weighted by molar-refractivity contribution is 5.92. The van der Waals surface area contributed by atoms with Gasteiger partial charge in [0.2, 0.25) is 0 Å². The smallest absolute Gasteiger partial charge is 0.327 e. The maximum absolute atomic E-state index is 13.2. The van der Waals surface area contributed by atoms with Gasteiger partial charge in [-0.1, -0.05) is 11.2 Å². The number of aliphatic imine (C=N–C) groups is 1. The molecule has 31 heavy (non-hydrogen) atoms. The maximum atomic E-state index is 13.2. The fourth-order valence-corrected chi connectivity index (χ4v) is 4.32. The second kappa shape index (κ2) is 6.83. The lowest BCUT2D eigenvalue weighted by Gasteiger charge is -2.37. The topological polar surface area (TPSA) is 124 Å². The molecule has 1 unspecified atom stereocenters. The molecule has 158 valence electrons. The van der Waals surface area contributed by atoms with Gasteiger partial charge in [0.15, 0.2) is 5.75 Å². The molecule has 0 fully saturated rings. The molecule has 0 saturated carbocycles. The Morgan fingerprint density at radius 2 is 2.16 bits per heavy atom. The monoisotopic (exact) mass is 418 g/mol. The van der Waals surface area contributed by atoms with E-state index < -0.39 is 5.54 Å². The number of aromatic nitrogens is 4. The van der Waals surface area contributed by atoms with Gasteiger partial charge in [-0.05, 0) is 45.0 Å². The lowest BCUT2D eigenvalue weighted by Crippen LogP contribution is -2.51. The van der Waals surface area contributed by atoms with Crippen LogP contribution in [0.3, 0.4) is 0 Å². The quantitative estimate of drug-likeness (QED) is 0.388. The van der Waals surface area contributed by atoms with Gasteiger partial charge >= 0.3 is 5.69 Å². The molecule has 5 rings (SSSR count). The number of nitrogens with one attached hydrogen (secondary N) is 1. The van der Waals surface area contributed by atoms with E-state index in [0.717, 1.165) is 16.8 Å². The summed E-state index contributed by atoms with van der Waals surface area (Å²) in [5, 5.41) is 4.07. The second-order valence-corrected chi connectivity index (χ2v) is 7.80. The molecule has 1 aliphatic heterocycles. The van der Waals surface area contributed by atoms with Gasteiger partial charge in [0.05, 0.1) is 34.8 Å². The van der Waals surface area contributed by atoms with E-state index in [1.165, 1.54) is 0 Å². The summed E-state index contributed by atoms with van der Waals surface area (Å²) in [6, 6.07) is 9.37. The Kier molecular flexibility index (Phi) is 4.21. The molecule has 4 aromatic rings. The van der Waals surface area contributed by atoms with Gasteiger partial charge in [-0.25, -0.2) is 4.79 Å². The Labute approximate surface area is 177 Å². The molecule has 9 nitrogen and oxygen atoms in total. The van der Waals surface area contributed by atoms with Crippen molar-refractivity contribution in [3.8, 4) is 16.9 Å². The van der Waals surface area contributed by atoms with E-state index in [2.05, 4.69) is 20.1 Å². The van der Waals surface area contributed by atoms with Crippen LogP contribution in [0.2, 0.25) is 0 Å². The van der Waals surface area contributed by atoms with Crippen LogP contribution in [0.15, 0.2) is 50.8 Å². The summed E-state index contributed by atoms with van der Waals surface area (Å²) < 4.78 is 13.4. The molecule has 0 amide bonds. The van der Waals surface area contributed by atoms with Crippen LogP contribution >= 0.6 is 0 Å². The van der Waals surface area contributed by atoms with Crippen molar-refractivity contribution >= 4 is 16.9 Å². The van der Waals surface area contributed by atoms with Crippen molar-refractivity contribution in [3.05, 3.63) is 64.2 Å². The Bertz CT molecular complexity index is 1360. The van der Waals surface area contributed by atoms with Crippen molar-refractivity contribution in [2.24, 2.45) is 10.7 Å². The highest BCUT2D eigenvalue weighted by atomic mass is 16.5. The van der Waals surface area contributed by atoms with Gasteiger partial charge < -0.3 is 20.0 Å². The predicted molar refractivity (Wildman–Crippen MR) is 117 cm³/mol. The van der Waals surface area contributed by atoms with Gasteiger partial charge in [0.25, 0.3) is 0 Å². The van der Waals surface area contributed by atoms with Crippen molar-refractivity contribution in [1.29, 1.82) is 0 Å². The summed E-state index contributed by atoms with van der Waals surface area (Å²) in [6.45, 7) is 5.84. The third-order valence-corrected chi connectivity index (χ3v) is 5.72. The number of aryl methyl sites for hydroxylation is 2. The van der Waals surface area contributed by atoms with E-state index >= 15 is 0 Å². The van der Waals surface area contributed by atoms with Gasteiger partial charge in [-0.2, -0.15) is 0 Å². The molecular formula is C22H22N6O3. The van der Waals surface area contributed by atoms with Crippen LogP contribution in [0, 0.1) is 13.8 Å². The van der Waals surface area contributed by atoms with Crippen molar-refractivity contribution in [1.82, 2.24) is 19.7 Å². The fourth-order valence-electron chi connectivity index (χ4n) is 4.32. The average molecular weight is 418 g/mol. The molecule has 0 spiro atoms. The number of H-pyrrole nitrogens is 1. The zero-order valence-electron chi connectivity index (χ0n) is 17.5. The minimum Gasteiger partial charge on any atom is -0.488 e. The Hall–Kier alpha value is -3.88. The van der Waals surface area contributed by atoms with E-state index in [1.54, 1.807) is 17.7 Å². The molecule has 0 saturated heterocycles. The van der Waals surface area contributed by atoms with Crippen LogP contribution in [0.25, 0.3) is 22.2 Å². The van der Waals surface area contributed by atoms with E-state index in [-0.39, 0.29) is 18.8 Å². The average Bonchev–Trinajstić information content (AvgIpc) is 3.28. The van der Waals surface area contributed by atoms with E-state index in [1.807, 2.05) is 44.2 Å². The number of nitrogens with zero attached hydrogens (tertiary/aromatic N) is 4. The third kappa shape index (κ3) is 2.77. The molecule has 0 radical (unpaired) electrons. The molecule has 3 aromatic heterocycles. The first-order chi connectivity index (χ1) is 14.9. The number of amidine groups is 1. The minimum atomic E-state index is -0.943. The lowest BCUT2D eigenvalue weighted by atomic mass is 9.92. The molecule has 3 N–H and O–H groups in total. The van der Waals surface area contributed by atoms with Crippen LogP contribution in [0.1, 0.15) is 24.1 Å². The van der Waals surface area contributed by atoms with Gasteiger partial charge in [0, 0.05) is 11.8 Å². The number of imidazole rings is 1. The summed E-state index contributed by atoms with van der Waals surface area (Å²) in [7, 11) is 0. The SMILES string of the molecule is CC(N)=NCC1(c2ccccn2)COc2c(-c3c(C)noc3C)ccc3[nH]c(=O)n1c23. The summed E-state index contributed by atoms with van der Waals surface area (Å²) in [5.74, 6) is 1.71. The van der Waals surface area contributed by atoms with Gasteiger partial charge in [-0.3, -0.25) is 14.5 Å². The van der Waals surface area contributed by atoms with Gasteiger partial charge in [-0.15, -0.1) is 0 Å². The number of benzene rings is 1. The standard InChI is InChI=1S/C22H22N6O3/c1-12-18(13(2)31-27-12)15-7-8-16-19-20(15)30-11-22(10-25-14(3)23,28(19)21(29)26-16)17-6-4-5-9-24-17/h4-9H,10-11H2,1-3H3,(H2,23,25)(H,26,29). The zero-order valence-corrected chi connectivity index (χ0v) is 17.5. The van der Waals surface area contributed by atoms with Crippen LogP contribution in [-0.2, 0) is 5.54 Å². The molecule has 1 atom stereocenters. The lowest BCUT2D eigenvalue weighted by molar-refractivity contribution is 0.173. The Balaban J connectivity index is 1.85. The summed E-state index contributed by atoms with van der Waals surface area (Å²) in [6.07, 6.45) is 1.70. The van der Waals surface area contributed by atoms with Crippen LogP contribution in [0.5, 0.6) is 5.75 Å². The summed E-state index contributed by atoms with van der Waals surface area (Å²) >= 11 is 0. The largest absolute Gasteiger partial charge is 0.488 e. The molecule has 0 bridgehead atoms. The van der Waals surface area contributed by atoms with Crippen molar-refractivity contribution in [3.63, 3.8) is 0 Å². The molecule has 0 aliphatic carbocycles. The Morgan fingerprint density at radius 3 is 2.84 bits per heavy atom. The van der Waals surface area contributed by atoms with Crippen LogP contribution in [-0.4, -0.2) is 38.7 Å². The zero-order chi connectivity index (χ0) is 21.8. The second-order valence-electron chi connectivity index (χ2n) is 7.80. The van der Waals surface area contributed by atoms with E-state index in [0.29, 0.717) is 34.1 Å². The summed E-state index contributed by atoms with van der Waals surface area (Å²) in [4.78, 5) is 25.2. The first-order valence-electron chi connectivity index (χ1n) is 9.94. The number of hydrogen-bond donors (Lipinski definition) is 2. The van der Waals surface area contributed by atoms with Crippen molar-refractivity contribution in [2.45, 2.75) is 26.3 Å². The number of hydrogen-bond acceptors (Lipinski definition) is 6. The van der Waals surface area contributed by atoms with E-state index in [9.17, 15) is 4.79 Å². The van der Waals surface area contributed by atoms with E-state index in [4.69, 9.17) is 15.0 Å². The third-order valence-electron chi connectivity index (χ3n) is 5.72. The molecular weight excluding hydrogens is 396 g/mol. The fraction of sp³-hybridized carbons (Fsp3) is 0.273. The number of pyridine rings is 1. The van der Waals surface area contributed by atoms with Crippen LogP contribution in [0.4, 0.5) is 0 Å². The Morgan fingerprint density at radius 1 is 1.32 bits per heavy atom. The van der Waals surface area contributed by atoms with Crippen molar-refractivity contribution < 1.29 is 9.26 Å². The number of nitrogens with two attached hydrogens (primary N) is 1. The maximum Gasteiger partial charge on any atom is 0.327 e. The molecule has 9 heteroatoms. The number of ether oxygens (including phenoxy) is 1. The van der Waals surface area contributed by atoms with Crippen LogP contribution < -0.4 is 16.2 Å². The predicted octanol–water partition coefficient (Wildman–Crippen LogP) is 2.51. The first kappa shape index (κ1) is 19.1. The summed E-state index contributed by atoms with van der Waals surface area (Å²) in [5.41, 5.74) is 9.09.